The standard InChI is InChI=1S/C44H50BN5O.Pt/c1-28(2)33-19-15-20-34(29(3)4)40(33)50-44(10,11)43(8,9)48-45(50)31-16-14-17-32(27-31)51-39-23-22-36-35-18-12-13-21-37(35)49(41(36)47-39)38-26-30(24-25-46-38)42(5,6)7;/h12-26,28-29H,1-11H3;/q-2;+2. The van der Waals surface area contributed by atoms with Crippen molar-refractivity contribution < 1.29 is 25.8 Å². The van der Waals surface area contributed by atoms with Crippen LogP contribution in [0.1, 0.15) is 105 Å². The first-order valence-corrected chi connectivity index (χ1v) is 18.3. The summed E-state index contributed by atoms with van der Waals surface area (Å²) in [6.07, 6.45) is 1.89. The quantitative estimate of drug-likeness (QED) is 0.118. The van der Waals surface area contributed by atoms with Gasteiger partial charge in [-0.05, 0) is 72.1 Å². The van der Waals surface area contributed by atoms with Crippen LogP contribution in [0.4, 0.5) is 5.69 Å². The number of aromatic nitrogens is 3. The zero-order valence-corrected chi connectivity index (χ0v) is 34.6. The second-order valence-corrected chi connectivity index (χ2v) is 16.7. The number of benzene rings is 3. The minimum absolute atomic E-state index is 0. The van der Waals surface area contributed by atoms with E-state index in [4.69, 9.17) is 19.9 Å². The summed E-state index contributed by atoms with van der Waals surface area (Å²) in [5, 5.41) is 7.67. The van der Waals surface area contributed by atoms with Gasteiger partial charge in [0.05, 0.1) is 5.52 Å². The summed E-state index contributed by atoms with van der Waals surface area (Å²) in [7, 11) is 0. The first kappa shape index (κ1) is 37.8. The largest absolute Gasteiger partial charge is 2.00 e. The Balaban J connectivity index is 0.00000464. The van der Waals surface area contributed by atoms with Gasteiger partial charge in [0.2, 0.25) is 5.88 Å². The molecule has 3 aromatic carbocycles. The summed E-state index contributed by atoms with van der Waals surface area (Å²) in [5.41, 5.74) is 7.41. The van der Waals surface area contributed by atoms with Crippen LogP contribution in [0.15, 0.2) is 91.1 Å². The van der Waals surface area contributed by atoms with Crippen LogP contribution in [0.25, 0.3) is 33.0 Å². The van der Waals surface area contributed by atoms with Gasteiger partial charge in [0.25, 0.3) is 0 Å². The molecule has 6 nitrogen and oxygen atoms in total. The number of hydrogen-bond donors (Lipinski definition) is 0. The molecular weight excluding hydrogens is 820 g/mol. The maximum absolute atomic E-state index is 6.56. The van der Waals surface area contributed by atoms with E-state index in [2.05, 4.69) is 158 Å². The van der Waals surface area contributed by atoms with Crippen LogP contribution in [-0.4, -0.2) is 32.6 Å². The fraction of sp³-hybridized carbons (Fsp3) is 0.364. The van der Waals surface area contributed by atoms with E-state index in [1.807, 2.05) is 24.4 Å². The van der Waals surface area contributed by atoms with Gasteiger partial charge >= 0.3 is 21.1 Å². The summed E-state index contributed by atoms with van der Waals surface area (Å²) in [6, 6.07) is 33.2. The minimum Gasteiger partial charge on any atom is -0.657 e. The van der Waals surface area contributed by atoms with E-state index in [0.29, 0.717) is 23.5 Å². The molecule has 52 heavy (non-hydrogen) atoms. The topological polar surface area (TPSA) is 57.3 Å². The molecule has 1 aliphatic rings. The number of para-hydroxylation sites is 2. The number of rotatable bonds is 7. The number of anilines is 1. The molecule has 0 spiro atoms. The van der Waals surface area contributed by atoms with Crippen molar-refractivity contribution in [1.29, 1.82) is 0 Å². The fourth-order valence-electron chi connectivity index (χ4n) is 7.43. The Labute approximate surface area is 324 Å². The van der Waals surface area contributed by atoms with Crippen molar-refractivity contribution in [3.63, 3.8) is 0 Å². The molecule has 4 heterocycles. The van der Waals surface area contributed by atoms with E-state index in [1.54, 1.807) is 0 Å². The SMILES string of the molecule is CC(C)c1cccc(C(C)C)c1N1B(c2[c-]c(Oc3ccc4c5ccccc5n(-c5cc(C(C)(C)C)ccn5)c4n3)ccc2)[N-]C(C)(C)C1(C)C.[Pt+2]. The third-order valence-electron chi connectivity index (χ3n) is 11.0. The van der Waals surface area contributed by atoms with Gasteiger partial charge in [-0.15, -0.1) is 17.7 Å². The van der Waals surface area contributed by atoms with Crippen LogP contribution in [0.5, 0.6) is 11.6 Å². The number of hydrogen-bond acceptors (Lipinski definition) is 4. The van der Waals surface area contributed by atoms with Crippen LogP contribution >= 0.6 is 0 Å². The van der Waals surface area contributed by atoms with Gasteiger partial charge in [-0.1, -0.05) is 98.7 Å². The summed E-state index contributed by atoms with van der Waals surface area (Å²) in [5.74, 6) is 2.66. The molecule has 1 aliphatic heterocycles. The van der Waals surface area contributed by atoms with Crippen molar-refractivity contribution in [2.24, 2.45) is 0 Å². The molecule has 270 valence electrons. The molecule has 0 amide bonds. The minimum atomic E-state index is -0.320. The summed E-state index contributed by atoms with van der Waals surface area (Å²) in [6.45, 7) is 24.7. The Morgan fingerprint density at radius 3 is 2.15 bits per heavy atom. The van der Waals surface area contributed by atoms with E-state index in [9.17, 15) is 0 Å². The molecule has 0 radical (unpaired) electrons. The summed E-state index contributed by atoms with van der Waals surface area (Å²) in [4.78, 5) is 12.5. The molecule has 0 saturated carbocycles. The van der Waals surface area contributed by atoms with Crippen molar-refractivity contribution in [3.05, 3.63) is 119 Å². The van der Waals surface area contributed by atoms with Gasteiger partial charge < -0.3 is 14.8 Å². The second kappa shape index (κ2) is 13.8. The van der Waals surface area contributed by atoms with Crippen molar-refractivity contribution in [2.45, 2.75) is 104 Å². The van der Waals surface area contributed by atoms with Gasteiger partial charge in [0, 0.05) is 40.0 Å². The van der Waals surface area contributed by atoms with Crippen molar-refractivity contribution in [2.75, 3.05) is 4.81 Å². The average molecular weight is 871 g/mol. The molecule has 6 aromatic rings. The third kappa shape index (κ3) is 6.49. The Morgan fingerprint density at radius 1 is 0.808 bits per heavy atom. The van der Waals surface area contributed by atoms with Crippen LogP contribution in [-0.2, 0) is 26.5 Å². The number of ether oxygens (including phenoxy) is 1. The Hall–Kier alpha value is -3.93. The van der Waals surface area contributed by atoms with Crippen molar-refractivity contribution >= 4 is 40.1 Å². The van der Waals surface area contributed by atoms with Crippen molar-refractivity contribution in [3.8, 4) is 17.4 Å². The zero-order valence-electron chi connectivity index (χ0n) is 32.4. The van der Waals surface area contributed by atoms with Gasteiger partial charge in [0.15, 0.2) is 5.65 Å². The van der Waals surface area contributed by atoms with Crippen LogP contribution in [0, 0.1) is 6.07 Å². The maximum atomic E-state index is 6.56. The molecule has 0 aliphatic carbocycles. The molecular formula is C44H50BN5OPt. The predicted octanol–water partition coefficient (Wildman–Crippen LogP) is 10.9. The Kier molecular flexibility index (Phi) is 10.0. The molecule has 1 fully saturated rings. The predicted molar refractivity (Wildman–Crippen MR) is 214 cm³/mol. The number of nitrogens with zero attached hydrogens (tertiary/aromatic N) is 5. The Bertz CT molecular complexity index is 2220. The van der Waals surface area contributed by atoms with Gasteiger partial charge in [-0.2, -0.15) is 22.6 Å². The molecule has 0 bridgehead atoms. The summed E-state index contributed by atoms with van der Waals surface area (Å²) < 4.78 is 8.70. The number of pyridine rings is 2. The zero-order chi connectivity index (χ0) is 36.5. The van der Waals surface area contributed by atoms with Gasteiger partial charge in [-0.25, -0.2) is 4.98 Å². The monoisotopic (exact) mass is 870 g/mol. The smallest absolute Gasteiger partial charge is 0.657 e. The molecule has 0 unspecified atom stereocenters. The summed E-state index contributed by atoms with van der Waals surface area (Å²) >= 11 is 0. The van der Waals surface area contributed by atoms with Crippen molar-refractivity contribution in [1.82, 2.24) is 14.5 Å². The van der Waals surface area contributed by atoms with E-state index in [1.165, 1.54) is 22.4 Å². The molecule has 0 atom stereocenters. The first-order chi connectivity index (χ1) is 24.1. The first-order valence-electron chi connectivity index (χ1n) is 18.3. The van der Waals surface area contributed by atoms with Crippen LogP contribution < -0.4 is 15.0 Å². The molecule has 1 saturated heterocycles. The van der Waals surface area contributed by atoms with Gasteiger partial charge in [-0.3, -0.25) is 4.57 Å². The number of fused-ring (bicyclic) bond motifs is 3. The second-order valence-electron chi connectivity index (χ2n) is 16.7. The molecule has 0 N–H and O–H groups in total. The third-order valence-corrected chi connectivity index (χ3v) is 11.0. The normalized spacial score (nSPS) is 15.6. The van der Waals surface area contributed by atoms with Crippen LogP contribution in [0.2, 0.25) is 0 Å². The Morgan fingerprint density at radius 2 is 1.48 bits per heavy atom. The van der Waals surface area contributed by atoms with E-state index < -0.39 is 0 Å². The average Bonchev–Trinajstić information content (AvgIpc) is 3.50. The molecule has 3 aromatic heterocycles. The fourth-order valence-corrected chi connectivity index (χ4v) is 7.43. The van der Waals surface area contributed by atoms with Gasteiger partial charge in [0.1, 0.15) is 12.8 Å². The van der Waals surface area contributed by atoms with E-state index >= 15 is 0 Å². The molecule has 7 rings (SSSR count). The van der Waals surface area contributed by atoms with E-state index in [0.717, 1.165) is 33.2 Å². The van der Waals surface area contributed by atoms with E-state index in [-0.39, 0.29) is 44.5 Å². The van der Waals surface area contributed by atoms with Crippen LogP contribution in [0.3, 0.4) is 0 Å². The maximum Gasteiger partial charge on any atom is 2.00 e. The molecule has 8 heteroatoms.